The molecular weight excluding hydrogens is 530 g/mol. The van der Waals surface area contributed by atoms with Gasteiger partial charge in [0.1, 0.15) is 0 Å². The van der Waals surface area contributed by atoms with Gasteiger partial charge in [-0.25, -0.2) is 9.79 Å². The van der Waals surface area contributed by atoms with Gasteiger partial charge in [-0.15, -0.1) is 0 Å². The van der Waals surface area contributed by atoms with Crippen LogP contribution in [-0.4, -0.2) is 69.3 Å². The number of likely N-dealkylation sites (N-methyl/N-ethyl adjacent to an activating group) is 1. The summed E-state index contributed by atoms with van der Waals surface area (Å²) < 4.78 is 6.86. The SMILES string of the molecule is CN1CCN(C(=O)Cc2ccc(N=C(c3ccc4c(c3)oc(=O)n4C)c3c(O)[nH]c4cc(Cl)ccc34)cc2)CC1. The van der Waals surface area contributed by atoms with Gasteiger partial charge >= 0.3 is 5.76 Å². The van der Waals surface area contributed by atoms with Crippen LogP contribution in [0.5, 0.6) is 5.88 Å². The van der Waals surface area contributed by atoms with Gasteiger partial charge in [-0.2, -0.15) is 0 Å². The van der Waals surface area contributed by atoms with E-state index in [-0.39, 0.29) is 11.8 Å². The van der Waals surface area contributed by atoms with Gasteiger partial charge in [-0.1, -0.05) is 35.9 Å². The van der Waals surface area contributed by atoms with Crippen LogP contribution >= 0.6 is 11.6 Å². The number of aromatic amines is 1. The largest absolute Gasteiger partial charge is 0.494 e. The molecule has 1 fully saturated rings. The highest BCUT2D eigenvalue weighted by Crippen LogP contribution is 2.33. The first-order valence-corrected chi connectivity index (χ1v) is 13.4. The Morgan fingerprint density at radius 1 is 1.02 bits per heavy atom. The molecular formula is C30H28ClN5O4. The highest BCUT2D eigenvalue weighted by Gasteiger charge is 2.21. The molecule has 0 unspecified atom stereocenters. The highest BCUT2D eigenvalue weighted by molar-refractivity contribution is 6.31. The van der Waals surface area contributed by atoms with E-state index in [2.05, 4.69) is 16.9 Å². The number of piperazine rings is 1. The Hall–Kier alpha value is -4.34. The molecule has 9 nitrogen and oxygen atoms in total. The first kappa shape index (κ1) is 25.9. The highest BCUT2D eigenvalue weighted by atomic mass is 35.5. The number of aromatic nitrogens is 2. The maximum atomic E-state index is 12.8. The van der Waals surface area contributed by atoms with Crippen LogP contribution in [0, 0.1) is 0 Å². The van der Waals surface area contributed by atoms with Crippen molar-refractivity contribution in [3.8, 4) is 5.88 Å². The number of H-pyrrole nitrogens is 1. The van der Waals surface area contributed by atoms with Gasteiger partial charge in [-0.05, 0) is 49.0 Å². The zero-order chi connectivity index (χ0) is 28.0. The van der Waals surface area contributed by atoms with E-state index in [0.717, 1.165) is 37.1 Å². The molecule has 3 heterocycles. The van der Waals surface area contributed by atoms with E-state index in [1.54, 1.807) is 31.3 Å². The standard InChI is InChI=1S/C30H28ClN5O4/c1-34-11-13-36(14-12-34)26(37)15-18-3-7-21(8-4-18)32-28(19-5-10-24-25(16-19)40-30(39)35(24)2)27-22-9-6-20(31)17-23(22)33-29(27)38/h3-10,16-17,33,38H,11-15H2,1-2H3. The summed E-state index contributed by atoms with van der Waals surface area (Å²) in [4.78, 5) is 37.0. The lowest BCUT2D eigenvalue weighted by atomic mass is 10.00. The fraction of sp³-hybridized carbons (Fsp3) is 0.233. The third kappa shape index (κ3) is 4.89. The summed E-state index contributed by atoms with van der Waals surface area (Å²) in [5, 5.41) is 12.3. The summed E-state index contributed by atoms with van der Waals surface area (Å²) in [7, 11) is 3.71. The Balaban J connectivity index is 1.39. The van der Waals surface area contributed by atoms with Crippen molar-refractivity contribution >= 4 is 50.9 Å². The van der Waals surface area contributed by atoms with E-state index < -0.39 is 5.76 Å². The summed E-state index contributed by atoms with van der Waals surface area (Å²) in [6, 6.07) is 18.2. The van der Waals surface area contributed by atoms with Crippen LogP contribution in [0.25, 0.3) is 22.0 Å². The maximum absolute atomic E-state index is 12.8. The van der Waals surface area contributed by atoms with E-state index in [1.807, 2.05) is 41.3 Å². The quantitative estimate of drug-likeness (QED) is 0.310. The molecule has 6 rings (SSSR count). The molecule has 3 aromatic carbocycles. The van der Waals surface area contributed by atoms with E-state index in [9.17, 15) is 14.7 Å². The number of amides is 1. The average molecular weight is 558 g/mol. The number of oxazole rings is 1. The molecule has 204 valence electrons. The number of nitrogens with one attached hydrogen (secondary N) is 1. The van der Waals surface area contributed by atoms with Crippen molar-refractivity contribution in [1.82, 2.24) is 19.4 Å². The number of nitrogens with zero attached hydrogens (tertiary/aromatic N) is 4. The second-order valence-corrected chi connectivity index (χ2v) is 10.6. The predicted octanol–water partition coefficient (Wildman–Crippen LogP) is 4.46. The molecule has 1 aliphatic heterocycles. The summed E-state index contributed by atoms with van der Waals surface area (Å²) in [5.41, 5.74) is 4.92. The Morgan fingerprint density at radius 3 is 2.52 bits per heavy atom. The van der Waals surface area contributed by atoms with Crippen molar-refractivity contribution in [3.63, 3.8) is 0 Å². The molecule has 2 N–H and O–H groups in total. The van der Waals surface area contributed by atoms with Crippen LogP contribution in [0.15, 0.2) is 74.9 Å². The van der Waals surface area contributed by atoms with E-state index in [0.29, 0.717) is 50.6 Å². The van der Waals surface area contributed by atoms with Gasteiger partial charge in [0.15, 0.2) is 11.5 Å². The maximum Gasteiger partial charge on any atom is 0.419 e. The van der Waals surface area contributed by atoms with Crippen molar-refractivity contribution in [2.24, 2.45) is 12.0 Å². The topological polar surface area (TPSA) is 107 Å². The number of carbonyl (C=O) groups excluding carboxylic acids is 1. The normalized spacial score (nSPS) is 14.9. The van der Waals surface area contributed by atoms with Gasteiger partial charge < -0.3 is 24.3 Å². The molecule has 1 saturated heterocycles. The second kappa shape index (κ2) is 10.3. The number of halogens is 1. The lowest BCUT2D eigenvalue weighted by molar-refractivity contribution is -0.132. The molecule has 0 spiro atoms. The van der Waals surface area contributed by atoms with E-state index >= 15 is 0 Å². The predicted molar refractivity (Wildman–Crippen MR) is 156 cm³/mol. The third-order valence-corrected chi connectivity index (χ3v) is 7.67. The molecule has 1 amide bonds. The van der Waals surface area contributed by atoms with Crippen molar-refractivity contribution in [2.75, 3.05) is 33.2 Å². The van der Waals surface area contributed by atoms with Gasteiger partial charge in [0.25, 0.3) is 0 Å². The molecule has 0 aliphatic carbocycles. The lowest BCUT2D eigenvalue weighted by Crippen LogP contribution is -2.47. The van der Waals surface area contributed by atoms with Crippen molar-refractivity contribution in [3.05, 3.63) is 92.9 Å². The Labute approximate surface area is 234 Å². The summed E-state index contributed by atoms with van der Waals surface area (Å²) >= 11 is 6.19. The summed E-state index contributed by atoms with van der Waals surface area (Å²) in [5.74, 6) is -0.401. The van der Waals surface area contributed by atoms with E-state index in [1.165, 1.54) is 4.57 Å². The minimum atomic E-state index is -0.461. The summed E-state index contributed by atoms with van der Waals surface area (Å²) in [6.45, 7) is 3.25. The Kier molecular flexibility index (Phi) is 6.69. The smallest absolute Gasteiger partial charge is 0.419 e. The summed E-state index contributed by atoms with van der Waals surface area (Å²) in [6.07, 6.45) is 0.328. The number of carbonyl (C=O) groups is 1. The number of aryl methyl sites for hydroxylation is 1. The molecule has 10 heteroatoms. The number of hydrogen-bond donors (Lipinski definition) is 2. The van der Waals surface area contributed by atoms with E-state index in [4.69, 9.17) is 21.0 Å². The zero-order valence-corrected chi connectivity index (χ0v) is 22.9. The van der Waals surface area contributed by atoms with Crippen LogP contribution in [0.2, 0.25) is 5.02 Å². The fourth-order valence-electron chi connectivity index (χ4n) is 5.10. The van der Waals surface area contributed by atoms with Gasteiger partial charge in [-0.3, -0.25) is 9.36 Å². The van der Waals surface area contributed by atoms with Gasteiger partial charge in [0, 0.05) is 49.2 Å². The van der Waals surface area contributed by atoms with Gasteiger partial charge in [0.2, 0.25) is 5.91 Å². The lowest BCUT2D eigenvalue weighted by Gasteiger charge is -2.32. The second-order valence-electron chi connectivity index (χ2n) is 10.1. The molecule has 0 bridgehead atoms. The minimum Gasteiger partial charge on any atom is -0.494 e. The number of benzene rings is 3. The van der Waals surface area contributed by atoms with Crippen LogP contribution in [0.1, 0.15) is 16.7 Å². The Morgan fingerprint density at radius 2 is 1.77 bits per heavy atom. The Bertz CT molecular complexity index is 1830. The van der Waals surface area contributed by atoms with Crippen molar-refractivity contribution in [1.29, 1.82) is 0 Å². The number of aliphatic imine (C=N–C) groups is 1. The van der Waals surface area contributed by atoms with Crippen LogP contribution < -0.4 is 5.76 Å². The van der Waals surface area contributed by atoms with Crippen molar-refractivity contribution in [2.45, 2.75) is 6.42 Å². The van der Waals surface area contributed by atoms with Crippen molar-refractivity contribution < 1.29 is 14.3 Å². The number of aromatic hydroxyl groups is 1. The first-order chi connectivity index (χ1) is 19.3. The third-order valence-electron chi connectivity index (χ3n) is 7.43. The molecule has 2 aromatic heterocycles. The number of rotatable bonds is 5. The van der Waals surface area contributed by atoms with Gasteiger partial charge in [0.05, 0.1) is 34.4 Å². The molecule has 1 aliphatic rings. The molecule has 0 saturated carbocycles. The molecule has 5 aromatic rings. The van der Waals surface area contributed by atoms with Crippen LogP contribution in [-0.2, 0) is 18.3 Å². The average Bonchev–Trinajstić information content (AvgIpc) is 3.41. The van der Waals surface area contributed by atoms with Crippen LogP contribution in [0.4, 0.5) is 5.69 Å². The fourth-order valence-corrected chi connectivity index (χ4v) is 5.27. The molecule has 0 atom stereocenters. The zero-order valence-electron chi connectivity index (χ0n) is 22.1. The molecule has 0 radical (unpaired) electrons. The van der Waals surface area contributed by atoms with Crippen LogP contribution in [0.3, 0.4) is 0 Å². The number of hydrogen-bond acceptors (Lipinski definition) is 6. The minimum absolute atomic E-state index is 0.0555. The number of fused-ring (bicyclic) bond motifs is 2. The first-order valence-electron chi connectivity index (χ1n) is 13.0. The molecule has 40 heavy (non-hydrogen) atoms. The monoisotopic (exact) mass is 557 g/mol.